The molecule has 1 fully saturated rings. The van der Waals surface area contributed by atoms with Crippen LogP contribution in [-0.4, -0.2) is 36.3 Å². The monoisotopic (exact) mass is 365 g/mol. The molecule has 27 heavy (non-hydrogen) atoms. The van der Waals surface area contributed by atoms with E-state index < -0.39 is 0 Å². The van der Waals surface area contributed by atoms with E-state index in [1.54, 1.807) is 0 Å². The highest BCUT2D eigenvalue weighted by atomic mass is 16.2. The zero-order valence-corrected chi connectivity index (χ0v) is 16.0. The fourth-order valence-electron chi connectivity index (χ4n) is 3.33. The number of carbonyl (C=O) groups excluding carboxylic acids is 2. The molecule has 2 N–H and O–H groups in total. The maximum atomic E-state index is 12.6. The zero-order valence-electron chi connectivity index (χ0n) is 16.0. The summed E-state index contributed by atoms with van der Waals surface area (Å²) in [5.41, 5.74) is 4.79. The Morgan fingerprint density at radius 1 is 1.07 bits per heavy atom. The predicted molar refractivity (Wildman–Crippen MR) is 108 cm³/mol. The number of nitrogens with one attached hydrogen (secondary N) is 2. The summed E-state index contributed by atoms with van der Waals surface area (Å²) in [7, 11) is 0. The first-order valence-corrected chi connectivity index (χ1v) is 9.54. The third kappa shape index (κ3) is 4.67. The molecule has 0 aliphatic carbocycles. The van der Waals surface area contributed by atoms with Gasteiger partial charge in [-0.05, 0) is 56.0 Å². The molecule has 0 spiro atoms. The summed E-state index contributed by atoms with van der Waals surface area (Å²) in [6.07, 6.45) is 2.37. The Hall–Kier alpha value is -2.82. The quantitative estimate of drug-likeness (QED) is 0.734. The minimum atomic E-state index is -0.101. The first-order valence-electron chi connectivity index (χ1n) is 9.54. The minimum absolute atomic E-state index is 0.101. The van der Waals surface area contributed by atoms with Gasteiger partial charge in [0.25, 0.3) is 5.91 Å². The van der Waals surface area contributed by atoms with E-state index in [4.69, 9.17) is 0 Å². The zero-order chi connectivity index (χ0) is 19.2. The number of likely N-dealkylation sites (tertiary alicyclic amines) is 1. The highest BCUT2D eigenvalue weighted by Crippen LogP contribution is 2.25. The third-order valence-corrected chi connectivity index (χ3v) is 5.11. The lowest BCUT2D eigenvalue weighted by atomic mass is 10.1. The number of hydrogen-bond acceptors (Lipinski definition) is 3. The van der Waals surface area contributed by atoms with Gasteiger partial charge in [-0.25, -0.2) is 0 Å². The van der Waals surface area contributed by atoms with Gasteiger partial charge in [0.1, 0.15) is 0 Å². The van der Waals surface area contributed by atoms with Gasteiger partial charge in [-0.15, -0.1) is 0 Å². The van der Waals surface area contributed by atoms with Gasteiger partial charge in [0.2, 0.25) is 5.91 Å². The van der Waals surface area contributed by atoms with E-state index in [0.717, 1.165) is 30.8 Å². The Balaban J connectivity index is 1.60. The fraction of sp³-hybridized carbons (Fsp3) is 0.364. The molecule has 1 heterocycles. The van der Waals surface area contributed by atoms with Crippen LogP contribution in [0.4, 0.5) is 11.4 Å². The van der Waals surface area contributed by atoms with Crippen molar-refractivity contribution in [2.45, 2.75) is 33.1 Å². The van der Waals surface area contributed by atoms with Crippen molar-refractivity contribution in [1.29, 1.82) is 0 Å². The largest absolute Gasteiger partial charge is 0.355 e. The fourth-order valence-corrected chi connectivity index (χ4v) is 3.33. The molecule has 0 unspecified atom stereocenters. The first-order chi connectivity index (χ1) is 13.1. The molecule has 0 bridgehead atoms. The van der Waals surface area contributed by atoms with Gasteiger partial charge in [-0.1, -0.05) is 24.3 Å². The van der Waals surface area contributed by atoms with Gasteiger partial charge in [0, 0.05) is 31.7 Å². The van der Waals surface area contributed by atoms with E-state index in [2.05, 4.69) is 30.5 Å². The molecule has 2 aromatic carbocycles. The highest BCUT2D eigenvalue weighted by molar-refractivity contribution is 6.00. The summed E-state index contributed by atoms with van der Waals surface area (Å²) in [6.45, 7) is 6.25. The second-order valence-corrected chi connectivity index (χ2v) is 7.01. The molecule has 1 aliphatic rings. The summed E-state index contributed by atoms with van der Waals surface area (Å²) in [5.74, 6) is 0.126. The number of rotatable bonds is 7. The molecule has 3 rings (SSSR count). The second-order valence-electron chi connectivity index (χ2n) is 7.01. The average Bonchev–Trinajstić information content (AvgIpc) is 3.08. The molecular formula is C22H27N3O2. The summed E-state index contributed by atoms with van der Waals surface area (Å²) in [6, 6.07) is 13.6. The Labute approximate surface area is 160 Å². The van der Waals surface area contributed by atoms with Crippen molar-refractivity contribution in [1.82, 2.24) is 10.2 Å². The summed E-state index contributed by atoms with van der Waals surface area (Å²) in [5, 5.41) is 6.36. The number of benzene rings is 2. The van der Waals surface area contributed by atoms with Crippen molar-refractivity contribution in [3.63, 3.8) is 0 Å². The molecule has 0 saturated carbocycles. The molecule has 5 nitrogen and oxygen atoms in total. The van der Waals surface area contributed by atoms with Crippen molar-refractivity contribution < 1.29 is 9.59 Å². The van der Waals surface area contributed by atoms with Crippen LogP contribution in [0.5, 0.6) is 0 Å². The number of nitrogens with zero attached hydrogens (tertiary/aromatic N) is 1. The molecule has 2 aromatic rings. The Bertz CT molecular complexity index is 832. The molecule has 1 saturated heterocycles. The van der Waals surface area contributed by atoms with E-state index in [0.29, 0.717) is 25.1 Å². The number of anilines is 2. The van der Waals surface area contributed by atoms with Gasteiger partial charge >= 0.3 is 0 Å². The summed E-state index contributed by atoms with van der Waals surface area (Å²) in [4.78, 5) is 26.1. The standard InChI is InChI=1S/C22H27N3O2/c1-16-8-5-11-19(17(16)2)24-20-10-4-3-9-18(20)22(27)23-13-7-15-25-14-6-12-21(25)26/h3-5,8-11,24H,6-7,12-15H2,1-2H3,(H,23,27). The van der Waals surface area contributed by atoms with Crippen LogP contribution in [0, 0.1) is 13.8 Å². The van der Waals surface area contributed by atoms with Crippen LogP contribution in [0.3, 0.4) is 0 Å². The van der Waals surface area contributed by atoms with Crippen LogP contribution in [0.2, 0.25) is 0 Å². The van der Waals surface area contributed by atoms with Gasteiger partial charge in [0.05, 0.1) is 11.3 Å². The predicted octanol–water partition coefficient (Wildman–Crippen LogP) is 3.79. The van der Waals surface area contributed by atoms with Crippen LogP contribution >= 0.6 is 0 Å². The SMILES string of the molecule is Cc1cccc(Nc2ccccc2C(=O)NCCCN2CCCC2=O)c1C. The Kier molecular flexibility index (Phi) is 6.12. The Morgan fingerprint density at radius 2 is 1.85 bits per heavy atom. The third-order valence-electron chi connectivity index (χ3n) is 5.11. The number of amides is 2. The Morgan fingerprint density at radius 3 is 2.63 bits per heavy atom. The van der Waals surface area contributed by atoms with Gasteiger partial charge in [-0.3, -0.25) is 9.59 Å². The average molecular weight is 365 g/mol. The van der Waals surface area contributed by atoms with Crippen molar-refractivity contribution in [2.75, 3.05) is 25.0 Å². The number of hydrogen-bond donors (Lipinski definition) is 2. The van der Waals surface area contributed by atoms with Gasteiger partial charge < -0.3 is 15.5 Å². The van der Waals surface area contributed by atoms with E-state index in [1.807, 2.05) is 41.3 Å². The summed E-state index contributed by atoms with van der Waals surface area (Å²) < 4.78 is 0. The normalized spacial score (nSPS) is 13.7. The molecule has 142 valence electrons. The molecule has 0 atom stereocenters. The van der Waals surface area contributed by atoms with Crippen LogP contribution in [0.25, 0.3) is 0 Å². The van der Waals surface area contributed by atoms with E-state index >= 15 is 0 Å². The molecule has 0 radical (unpaired) electrons. The summed E-state index contributed by atoms with van der Waals surface area (Å²) >= 11 is 0. The van der Waals surface area contributed by atoms with Crippen molar-refractivity contribution in [3.8, 4) is 0 Å². The van der Waals surface area contributed by atoms with Crippen LogP contribution in [0.1, 0.15) is 40.7 Å². The maximum absolute atomic E-state index is 12.6. The van der Waals surface area contributed by atoms with Crippen molar-refractivity contribution >= 4 is 23.2 Å². The van der Waals surface area contributed by atoms with Gasteiger partial charge in [0.15, 0.2) is 0 Å². The van der Waals surface area contributed by atoms with E-state index in [-0.39, 0.29) is 11.8 Å². The number of para-hydroxylation sites is 1. The molecule has 1 aliphatic heterocycles. The lowest BCUT2D eigenvalue weighted by Gasteiger charge is -2.16. The van der Waals surface area contributed by atoms with Crippen LogP contribution in [0.15, 0.2) is 42.5 Å². The minimum Gasteiger partial charge on any atom is -0.355 e. The number of carbonyl (C=O) groups is 2. The topological polar surface area (TPSA) is 61.4 Å². The molecule has 0 aromatic heterocycles. The lowest BCUT2D eigenvalue weighted by Crippen LogP contribution is -2.30. The molecular weight excluding hydrogens is 338 g/mol. The maximum Gasteiger partial charge on any atom is 0.253 e. The van der Waals surface area contributed by atoms with Crippen molar-refractivity contribution in [2.24, 2.45) is 0 Å². The van der Waals surface area contributed by atoms with E-state index in [1.165, 1.54) is 11.1 Å². The van der Waals surface area contributed by atoms with Gasteiger partial charge in [-0.2, -0.15) is 0 Å². The van der Waals surface area contributed by atoms with Crippen LogP contribution in [-0.2, 0) is 4.79 Å². The molecule has 5 heteroatoms. The smallest absolute Gasteiger partial charge is 0.253 e. The molecule has 2 amide bonds. The van der Waals surface area contributed by atoms with Crippen molar-refractivity contribution in [3.05, 3.63) is 59.2 Å². The highest BCUT2D eigenvalue weighted by Gasteiger charge is 2.19. The number of aryl methyl sites for hydroxylation is 1. The lowest BCUT2D eigenvalue weighted by molar-refractivity contribution is -0.127. The van der Waals surface area contributed by atoms with Crippen LogP contribution < -0.4 is 10.6 Å². The first kappa shape index (κ1) is 19.0. The second kappa shape index (κ2) is 8.71. The van der Waals surface area contributed by atoms with E-state index in [9.17, 15) is 9.59 Å².